The number of nitrogens with two attached hydrogens (primary N) is 1. The van der Waals surface area contributed by atoms with Crippen LogP contribution in [0.4, 0.5) is 11.5 Å². The van der Waals surface area contributed by atoms with Gasteiger partial charge < -0.3 is 10.3 Å². The van der Waals surface area contributed by atoms with Crippen LogP contribution in [0, 0.1) is 10.1 Å². The molecule has 0 aliphatic carbocycles. The van der Waals surface area contributed by atoms with Crippen molar-refractivity contribution in [1.29, 1.82) is 0 Å². The van der Waals surface area contributed by atoms with Gasteiger partial charge in [0.2, 0.25) is 0 Å². The van der Waals surface area contributed by atoms with Gasteiger partial charge in [-0.3, -0.25) is 14.9 Å². The first-order valence-electron chi connectivity index (χ1n) is 5.11. The average Bonchev–Trinajstić information content (AvgIpc) is 2.31. The van der Waals surface area contributed by atoms with Crippen LogP contribution in [-0.2, 0) is 6.54 Å². The Bertz CT molecular complexity index is 651. The SMILES string of the molecule is Nc1cc(Cn2ccc(=O)c([N+](=O)[O-])c2)ccn1. The van der Waals surface area contributed by atoms with Crippen LogP contribution in [-0.4, -0.2) is 14.5 Å². The Morgan fingerprint density at radius 2 is 2.22 bits per heavy atom. The molecule has 0 aromatic carbocycles. The Labute approximate surface area is 102 Å². The van der Waals surface area contributed by atoms with Gasteiger partial charge in [-0.1, -0.05) is 0 Å². The molecule has 0 fully saturated rings. The van der Waals surface area contributed by atoms with Gasteiger partial charge in [0.15, 0.2) is 0 Å². The number of pyridine rings is 2. The normalized spacial score (nSPS) is 10.2. The first-order valence-corrected chi connectivity index (χ1v) is 5.11. The molecule has 0 saturated carbocycles. The summed E-state index contributed by atoms with van der Waals surface area (Å²) in [4.78, 5) is 25.0. The zero-order chi connectivity index (χ0) is 13.1. The molecule has 0 unspecified atom stereocenters. The van der Waals surface area contributed by atoms with Crippen LogP contribution >= 0.6 is 0 Å². The van der Waals surface area contributed by atoms with Crippen molar-refractivity contribution in [3.63, 3.8) is 0 Å². The monoisotopic (exact) mass is 246 g/mol. The number of nitro groups is 1. The number of nitrogens with zero attached hydrogens (tertiary/aromatic N) is 3. The van der Waals surface area contributed by atoms with Crippen LogP contribution in [0.1, 0.15) is 5.56 Å². The topological polar surface area (TPSA) is 104 Å². The molecule has 0 spiro atoms. The standard InChI is InChI=1S/C11H10N4O3/c12-11-5-8(1-3-13-11)6-14-4-2-10(16)9(7-14)15(17)18/h1-5,7H,6H2,(H2,12,13). The van der Waals surface area contributed by atoms with E-state index >= 15 is 0 Å². The van der Waals surface area contributed by atoms with E-state index in [1.807, 2.05) is 0 Å². The zero-order valence-electron chi connectivity index (χ0n) is 9.31. The maximum absolute atomic E-state index is 11.2. The first kappa shape index (κ1) is 11.8. The molecule has 0 atom stereocenters. The summed E-state index contributed by atoms with van der Waals surface area (Å²) in [7, 11) is 0. The number of hydrogen-bond acceptors (Lipinski definition) is 5. The molecule has 0 bridgehead atoms. The number of hydrogen-bond donors (Lipinski definition) is 1. The number of aromatic nitrogens is 2. The summed E-state index contributed by atoms with van der Waals surface area (Å²) >= 11 is 0. The second kappa shape index (κ2) is 4.66. The fraction of sp³-hybridized carbons (Fsp3) is 0.0909. The van der Waals surface area contributed by atoms with Gasteiger partial charge >= 0.3 is 5.69 Å². The highest BCUT2D eigenvalue weighted by molar-refractivity contribution is 5.32. The molecule has 2 rings (SSSR count). The van der Waals surface area contributed by atoms with E-state index in [1.165, 1.54) is 18.5 Å². The van der Waals surface area contributed by atoms with Crippen LogP contribution < -0.4 is 11.2 Å². The predicted molar refractivity (Wildman–Crippen MR) is 65.1 cm³/mol. The van der Waals surface area contributed by atoms with E-state index in [9.17, 15) is 14.9 Å². The van der Waals surface area contributed by atoms with Crippen molar-refractivity contribution in [3.8, 4) is 0 Å². The highest BCUT2D eigenvalue weighted by Crippen LogP contribution is 2.08. The number of anilines is 1. The zero-order valence-corrected chi connectivity index (χ0v) is 9.31. The van der Waals surface area contributed by atoms with Crippen molar-refractivity contribution in [2.45, 2.75) is 6.54 Å². The molecule has 0 aliphatic heterocycles. The molecule has 18 heavy (non-hydrogen) atoms. The number of rotatable bonds is 3. The van der Waals surface area contributed by atoms with Gasteiger partial charge in [0, 0.05) is 25.0 Å². The van der Waals surface area contributed by atoms with Crippen molar-refractivity contribution in [2.24, 2.45) is 0 Å². The number of nitrogen functional groups attached to an aromatic ring is 1. The lowest BCUT2D eigenvalue weighted by atomic mass is 10.2. The van der Waals surface area contributed by atoms with E-state index in [0.717, 1.165) is 5.56 Å². The van der Waals surface area contributed by atoms with Crippen LogP contribution in [0.15, 0.2) is 41.6 Å². The van der Waals surface area contributed by atoms with E-state index in [-0.39, 0.29) is 0 Å². The molecule has 0 amide bonds. The molecule has 92 valence electrons. The molecule has 2 aromatic heterocycles. The second-order valence-corrected chi connectivity index (χ2v) is 3.71. The van der Waals surface area contributed by atoms with Crippen LogP contribution in [0.2, 0.25) is 0 Å². The fourth-order valence-corrected chi connectivity index (χ4v) is 1.55. The largest absolute Gasteiger partial charge is 0.384 e. The molecule has 0 radical (unpaired) electrons. The summed E-state index contributed by atoms with van der Waals surface area (Å²) in [6, 6.07) is 4.59. The molecule has 0 saturated heterocycles. The molecule has 2 N–H and O–H groups in total. The molecule has 0 aliphatic rings. The minimum Gasteiger partial charge on any atom is -0.384 e. The minimum absolute atomic E-state index is 0.378. The molecular weight excluding hydrogens is 236 g/mol. The summed E-state index contributed by atoms with van der Waals surface area (Å²) < 4.78 is 1.55. The molecule has 7 nitrogen and oxygen atoms in total. The van der Waals surface area contributed by atoms with Gasteiger partial charge in [0.05, 0.1) is 11.1 Å². The quantitative estimate of drug-likeness (QED) is 0.636. The summed E-state index contributed by atoms with van der Waals surface area (Å²) in [5, 5.41) is 10.6. The van der Waals surface area contributed by atoms with Gasteiger partial charge in [0.25, 0.3) is 5.43 Å². The third-order valence-corrected chi connectivity index (χ3v) is 2.37. The van der Waals surface area contributed by atoms with Gasteiger partial charge in [-0.2, -0.15) is 0 Å². The summed E-state index contributed by atoms with van der Waals surface area (Å²) in [6.07, 6.45) is 4.26. The Balaban J connectivity index is 2.33. The van der Waals surface area contributed by atoms with Crippen molar-refractivity contribution in [2.75, 3.05) is 5.73 Å². The highest BCUT2D eigenvalue weighted by Gasteiger charge is 2.11. The molecule has 2 aromatic rings. The Morgan fingerprint density at radius 1 is 1.44 bits per heavy atom. The fourth-order valence-electron chi connectivity index (χ4n) is 1.55. The lowest BCUT2D eigenvalue weighted by molar-refractivity contribution is -0.386. The predicted octanol–water partition coefficient (Wildman–Crippen LogP) is 0.782. The lowest BCUT2D eigenvalue weighted by Crippen LogP contribution is -2.11. The van der Waals surface area contributed by atoms with E-state index in [2.05, 4.69) is 4.98 Å². The van der Waals surface area contributed by atoms with Crippen molar-refractivity contribution >= 4 is 11.5 Å². The summed E-state index contributed by atoms with van der Waals surface area (Å²) in [6.45, 7) is 0.383. The third-order valence-electron chi connectivity index (χ3n) is 2.37. The summed E-state index contributed by atoms with van der Waals surface area (Å²) in [5.74, 6) is 0.378. The van der Waals surface area contributed by atoms with E-state index in [4.69, 9.17) is 5.73 Å². The van der Waals surface area contributed by atoms with Gasteiger partial charge in [-0.05, 0) is 17.7 Å². The van der Waals surface area contributed by atoms with Crippen molar-refractivity contribution < 1.29 is 4.92 Å². The van der Waals surface area contributed by atoms with Crippen molar-refractivity contribution in [1.82, 2.24) is 9.55 Å². The minimum atomic E-state index is -0.695. The van der Waals surface area contributed by atoms with Crippen molar-refractivity contribution in [3.05, 3.63) is 62.7 Å². The molecule has 7 heteroatoms. The Morgan fingerprint density at radius 3 is 2.89 bits per heavy atom. The first-order chi connectivity index (χ1) is 8.56. The maximum Gasteiger partial charge on any atom is 0.332 e. The van der Waals surface area contributed by atoms with Crippen LogP contribution in [0.3, 0.4) is 0 Å². The van der Waals surface area contributed by atoms with Crippen LogP contribution in [0.25, 0.3) is 0 Å². The third kappa shape index (κ3) is 2.51. The average molecular weight is 246 g/mol. The van der Waals surface area contributed by atoms with E-state index in [1.54, 1.807) is 22.9 Å². The van der Waals surface area contributed by atoms with Gasteiger partial charge in [-0.15, -0.1) is 0 Å². The Hall–Kier alpha value is -2.70. The van der Waals surface area contributed by atoms with Crippen LogP contribution in [0.5, 0.6) is 0 Å². The highest BCUT2D eigenvalue weighted by atomic mass is 16.6. The molecule has 2 heterocycles. The maximum atomic E-state index is 11.2. The van der Waals surface area contributed by atoms with E-state index in [0.29, 0.717) is 12.4 Å². The van der Waals surface area contributed by atoms with E-state index < -0.39 is 16.0 Å². The summed E-state index contributed by atoms with van der Waals surface area (Å²) in [5.41, 5.74) is 5.33. The Kier molecular flexibility index (Phi) is 3.05. The smallest absolute Gasteiger partial charge is 0.332 e. The van der Waals surface area contributed by atoms with Gasteiger partial charge in [-0.25, -0.2) is 4.98 Å². The molecular formula is C11H10N4O3. The second-order valence-electron chi connectivity index (χ2n) is 3.71. The van der Waals surface area contributed by atoms with Gasteiger partial charge in [0.1, 0.15) is 5.82 Å². The lowest BCUT2D eigenvalue weighted by Gasteiger charge is -2.06.